The Morgan fingerprint density at radius 2 is 1.68 bits per heavy atom. The summed E-state index contributed by atoms with van der Waals surface area (Å²) in [5.41, 5.74) is 0.528. The van der Waals surface area contributed by atoms with Gasteiger partial charge in [-0.25, -0.2) is 8.42 Å². The lowest BCUT2D eigenvalue weighted by Gasteiger charge is -2.33. The average molecular weight is 583 g/mol. The molecule has 0 bridgehead atoms. The summed E-state index contributed by atoms with van der Waals surface area (Å²) in [5, 5.41) is 14.0. The SMILES string of the molecule is CCCNC(=O)C(CC)N(Cc1cccc(OC)c1)C(=O)CN(c1ccc([N+](=O)[O-])cc1)S(=O)(=O)c1ccccc1. The van der Waals surface area contributed by atoms with Gasteiger partial charge in [-0.05, 0) is 54.8 Å². The van der Waals surface area contributed by atoms with Crippen molar-refractivity contribution in [1.29, 1.82) is 0 Å². The fourth-order valence-electron chi connectivity index (χ4n) is 4.24. The van der Waals surface area contributed by atoms with Crippen molar-refractivity contribution >= 4 is 33.2 Å². The summed E-state index contributed by atoms with van der Waals surface area (Å²) in [5.74, 6) is -0.403. The molecular weight excluding hydrogens is 548 g/mol. The van der Waals surface area contributed by atoms with Crippen LogP contribution >= 0.6 is 0 Å². The molecule has 3 aromatic carbocycles. The lowest BCUT2D eigenvalue weighted by molar-refractivity contribution is -0.384. The van der Waals surface area contributed by atoms with E-state index < -0.39 is 33.4 Å². The second kappa shape index (κ2) is 14.3. The third-order valence-corrected chi connectivity index (χ3v) is 8.17. The number of nitrogens with zero attached hydrogens (tertiary/aromatic N) is 3. The summed E-state index contributed by atoms with van der Waals surface area (Å²) in [6.07, 6.45) is 0.990. The summed E-state index contributed by atoms with van der Waals surface area (Å²) < 4.78 is 33.8. The minimum atomic E-state index is -4.27. The fourth-order valence-corrected chi connectivity index (χ4v) is 5.68. The highest BCUT2D eigenvalue weighted by molar-refractivity contribution is 7.92. The van der Waals surface area contributed by atoms with E-state index in [-0.39, 0.29) is 35.1 Å². The van der Waals surface area contributed by atoms with Crippen molar-refractivity contribution in [2.75, 3.05) is 24.5 Å². The van der Waals surface area contributed by atoms with Crippen LogP contribution in [-0.2, 0) is 26.2 Å². The number of carbonyl (C=O) groups excluding carboxylic acids is 2. The van der Waals surface area contributed by atoms with E-state index in [4.69, 9.17) is 4.74 Å². The zero-order chi connectivity index (χ0) is 30.0. The number of nitro benzene ring substituents is 1. The van der Waals surface area contributed by atoms with Crippen molar-refractivity contribution in [3.63, 3.8) is 0 Å². The van der Waals surface area contributed by atoms with E-state index >= 15 is 0 Å². The molecule has 3 rings (SSSR count). The minimum Gasteiger partial charge on any atom is -0.497 e. The zero-order valence-electron chi connectivity index (χ0n) is 23.2. The molecule has 0 aliphatic carbocycles. The van der Waals surface area contributed by atoms with Gasteiger partial charge in [0.1, 0.15) is 18.3 Å². The Hall–Kier alpha value is -4.45. The van der Waals surface area contributed by atoms with E-state index in [2.05, 4.69) is 5.32 Å². The lowest BCUT2D eigenvalue weighted by atomic mass is 10.1. The maximum Gasteiger partial charge on any atom is 0.269 e. The van der Waals surface area contributed by atoms with Gasteiger partial charge in [0.15, 0.2) is 0 Å². The Morgan fingerprint density at radius 1 is 1.00 bits per heavy atom. The van der Waals surface area contributed by atoms with Crippen LogP contribution in [0.4, 0.5) is 11.4 Å². The van der Waals surface area contributed by atoms with Gasteiger partial charge in [-0.1, -0.05) is 44.2 Å². The summed E-state index contributed by atoms with van der Waals surface area (Å²) in [7, 11) is -2.75. The second-order valence-electron chi connectivity index (χ2n) is 9.19. The first kappa shape index (κ1) is 31.1. The van der Waals surface area contributed by atoms with Crippen LogP contribution in [0.1, 0.15) is 32.3 Å². The van der Waals surface area contributed by atoms with Gasteiger partial charge in [-0.15, -0.1) is 0 Å². The Labute approximate surface area is 239 Å². The Morgan fingerprint density at radius 3 is 2.27 bits per heavy atom. The van der Waals surface area contributed by atoms with Crippen molar-refractivity contribution < 1.29 is 27.7 Å². The molecule has 0 aliphatic heterocycles. The first-order valence-corrected chi connectivity index (χ1v) is 14.6. The summed E-state index contributed by atoms with van der Waals surface area (Å²) in [4.78, 5) is 39.1. The topological polar surface area (TPSA) is 139 Å². The number of hydrogen-bond donors (Lipinski definition) is 1. The predicted octanol–water partition coefficient (Wildman–Crippen LogP) is 4.13. The van der Waals surface area contributed by atoms with E-state index in [0.29, 0.717) is 24.3 Å². The van der Waals surface area contributed by atoms with E-state index in [1.165, 1.54) is 48.4 Å². The van der Waals surface area contributed by atoms with Gasteiger partial charge in [-0.3, -0.25) is 24.0 Å². The molecule has 0 saturated heterocycles. The van der Waals surface area contributed by atoms with E-state index in [0.717, 1.165) is 4.31 Å². The minimum absolute atomic E-state index is 0.0214. The number of benzene rings is 3. The number of methoxy groups -OCH3 is 1. The number of sulfonamides is 1. The van der Waals surface area contributed by atoms with Crippen LogP contribution in [0.2, 0.25) is 0 Å². The fraction of sp³-hybridized carbons (Fsp3) is 0.310. The molecule has 11 nitrogen and oxygen atoms in total. The van der Waals surface area contributed by atoms with E-state index in [1.807, 2.05) is 6.92 Å². The largest absolute Gasteiger partial charge is 0.497 e. The molecule has 2 amide bonds. The number of nitrogens with one attached hydrogen (secondary N) is 1. The lowest BCUT2D eigenvalue weighted by Crippen LogP contribution is -2.52. The standard InChI is InChI=1S/C29H34N4O7S/c1-4-18-30-29(35)27(5-2)31(20-22-10-9-11-25(19-22)40-3)28(34)21-32(23-14-16-24(17-15-23)33(36)37)41(38,39)26-12-7-6-8-13-26/h6-17,19,27H,4-5,18,20-21H2,1-3H3,(H,30,35). The molecule has 0 heterocycles. The molecule has 0 aromatic heterocycles. The molecule has 218 valence electrons. The van der Waals surface area contributed by atoms with E-state index in [1.54, 1.807) is 49.4 Å². The average Bonchev–Trinajstić information content (AvgIpc) is 2.99. The molecule has 12 heteroatoms. The number of carbonyl (C=O) groups is 2. The Bertz CT molecular complexity index is 1450. The van der Waals surface area contributed by atoms with E-state index in [9.17, 15) is 28.1 Å². The van der Waals surface area contributed by atoms with Crippen molar-refractivity contribution in [3.8, 4) is 5.75 Å². The van der Waals surface area contributed by atoms with Crippen molar-refractivity contribution in [2.45, 2.75) is 44.2 Å². The van der Waals surface area contributed by atoms with Crippen molar-refractivity contribution in [3.05, 3.63) is 94.5 Å². The molecule has 0 aliphatic rings. The number of rotatable bonds is 14. The number of ether oxygens (including phenoxy) is 1. The summed E-state index contributed by atoms with van der Waals surface area (Å²) in [6, 6.07) is 18.7. The zero-order valence-corrected chi connectivity index (χ0v) is 24.0. The Kier molecular flexibility index (Phi) is 10.8. The molecule has 1 N–H and O–H groups in total. The van der Waals surface area contributed by atoms with Crippen LogP contribution in [0.25, 0.3) is 0 Å². The number of amides is 2. The van der Waals surface area contributed by atoms with Crippen LogP contribution in [0, 0.1) is 10.1 Å². The van der Waals surface area contributed by atoms with Crippen LogP contribution in [0.5, 0.6) is 5.75 Å². The molecule has 0 spiro atoms. The van der Waals surface area contributed by atoms with Gasteiger partial charge in [0.05, 0.1) is 22.6 Å². The highest BCUT2D eigenvalue weighted by atomic mass is 32.2. The molecule has 0 radical (unpaired) electrons. The molecule has 0 saturated carbocycles. The maximum atomic E-state index is 14.0. The van der Waals surface area contributed by atoms with Gasteiger partial charge in [0.25, 0.3) is 15.7 Å². The third-order valence-electron chi connectivity index (χ3n) is 6.38. The Balaban J connectivity index is 2.06. The molecule has 1 atom stereocenters. The second-order valence-corrected chi connectivity index (χ2v) is 11.0. The van der Waals surface area contributed by atoms with Gasteiger partial charge in [0.2, 0.25) is 11.8 Å². The smallest absolute Gasteiger partial charge is 0.269 e. The first-order valence-electron chi connectivity index (χ1n) is 13.1. The number of nitro groups is 1. The number of anilines is 1. The van der Waals surface area contributed by atoms with Gasteiger partial charge < -0.3 is 15.0 Å². The normalized spacial score (nSPS) is 11.8. The predicted molar refractivity (Wildman–Crippen MR) is 155 cm³/mol. The number of hydrogen-bond acceptors (Lipinski definition) is 7. The monoisotopic (exact) mass is 582 g/mol. The van der Waals surface area contributed by atoms with Gasteiger partial charge in [0, 0.05) is 25.2 Å². The molecule has 3 aromatic rings. The number of non-ortho nitro benzene ring substituents is 1. The summed E-state index contributed by atoms with van der Waals surface area (Å²) in [6.45, 7) is 3.49. The van der Waals surface area contributed by atoms with Crippen LogP contribution in [-0.4, -0.2) is 56.3 Å². The van der Waals surface area contributed by atoms with Gasteiger partial charge >= 0.3 is 0 Å². The van der Waals surface area contributed by atoms with Crippen LogP contribution < -0.4 is 14.4 Å². The first-order chi connectivity index (χ1) is 19.6. The quantitative estimate of drug-likeness (QED) is 0.223. The van der Waals surface area contributed by atoms with Crippen molar-refractivity contribution in [1.82, 2.24) is 10.2 Å². The molecule has 0 fully saturated rings. The van der Waals surface area contributed by atoms with Gasteiger partial charge in [-0.2, -0.15) is 0 Å². The van der Waals surface area contributed by atoms with Crippen molar-refractivity contribution in [2.24, 2.45) is 0 Å². The molecular formula is C29H34N4O7S. The molecule has 41 heavy (non-hydrogen) atoms. The highest BCUT2D eigenvalue weighted by Crippen LogP contribution is 2.27. The van der Waals surface area contributed by atoms with Crippen LogP contribution in [0.15, 0.2) is 83.8 Å². The van der Waals surface area contributed by atoms with Crippen LogP contribution in [0.3, 0.4) is 0 Å². The molecule has 1 unspecified atom stereocenters. The highest BCUT2D eigenvalue weighted by Gasteiger charge is 2.33. The maximum absolute atomic E-state index is 14.0. The summed E-state index contributed by atoms with van der Waals surface area (Å²) >= 11 is 0. The third kappa shape index (κ3) is 7.82.